The fraction of sp³-hybridized carbons (Fsp3) is 0.357. The lowest BCUT2D eigenvalue weighted by atomic mass is 10.2. The first-order chi connectivity index (χ1) is 10.2. The highest BCUT2D eigenvalue weighted by atomic mass is 16.3. The highest BCUT2D eigenvalue weighted by molar-refractivity contribution is 5.89. The molecular weight excluding hydrogens is 270 g/mol. The zero-order valence-corrected chi connectivity index (χ0v) is 11.9. The van der Waals surface area contributed by atoms with Gasteiger partial charge in [-0.3, -0.25) is 0 Å². The molecule has 112 valence electrons. The number of aliphatic hydroxyl groups excluding tert-OH is 1. The van der Waals surface area contributed by atoms with Crippen molar-refractivity contribution in [2.24, 2.45) is 0 Å². The van der Waals surface area contributed by atoms with Gasteiger partial charge in [-0.2, -0.15) is 15.0 Å². The Morgan fingerprint density at radius 3 is 2.52 bits per heavy atom. The Hall–Kier alpha value is -2.41. The molecule has 0 saturated carbocycles. The average molecular weight is 289 g/mol. The van der Waals surface area contributed by atoms with Crippen LogP contribution in [-0.2, 0) is 0 Å². The molecule has 0 aliphatic rings. The molecule has 0 aliphatic carbocycles. The van der Waals surface area contributed by atoms with E-state index in [1.807, 2.05) is 19.1 Å². The predicted octanol–water partition coefficient (Wildman–Crippen LogP) is 1.55. The van der Waals surface area contributed by atoms with Crippen LogP contribution in [0, 0.1) is 0 Å². The van der Waals surface area contributed by atoms with Crippen molar-refractivity contribution < 1.29 is 9.90 Å². The zero-order chi connectivity index (χ0) is 15.1. The number of amides is 2. The third-order valence-electron chi connectivity index (χ3n) is 3.08. The van der Waals surface area contributed by atoms with Crippen LogP contribution in [0.1, 0.15) is 19.8 Å². The number of hydrogen-bond acceptors (Lipinski definition) is 4. The molecule has 3 N–H and O–H groups in total. The molecule has 0 saturated heterocycles. The van der Waals surface area contributed by atoms with Crippen LogP contribution in [0.3, 0.4) is 0 Å². The van der Waals surface area contributed by atoms with Crippen molar-refractivity contribution in [3.8, 4) is 5.69 Å². The number of hydrogen-bond donors (Lipinski definition) is 3. The number of nitrogens with zero attached hydrogens (tertiary/aromatic N) is 3. The topological polar surface area (TPSA) is 92.1 Å². The molecular formula is C14H19N5O2. The van der Waals surface area contributed by atoms with E-state index in [1.165, 1.54) is 4.80 Å². The summed E-state index contributed by atoms with van der Waals surface area (Å²) in [5.74, 6) is 0. The van der Waals surface area contributed by atoms with Crippen LogP contribution in [0.25, 0.3) is 5.69 Å². The summed E-state index contributed by atoms with van der Waals surface area (Å²) >= 11 is 0. The van der Waals surface area contributed by atoms with Crippen molar-refractivity contribution in [2.45, 2.75) is 25.8 Å². The first-order valence-corrected chi connectivity index (χ1v) is 6.88. The summed E-state index contributed by atoms with van der Waals surface area (Å²) in [6, 6.07) is 6.90. The molecule has 1 aromatic carbocycles. The number of carbonyl (C=O) groups excluding carboxylic acids is 1. The molecule has 0 spiro atoms. The van der Waals surface area contributed by atoms with Crippen LogP contribution in [-0.4, -0.2) is 38.8 Å². The van der Waals surface area contributed by atoms with Crippen molar-refractivity contribution in [3.05, 3.63) is 36.7 Å². The Labute approximate surface area is 123 Å². The van der Waals surface area contributed by atoms with Crippen molar-refractivity contribution in [2.75, 3.05) is 11.9 Å². The van der Waals surface area contributed by atoms with Crippen LogP contribution in [0.15, 0.2) is 36.7 Å². The van der Waals surface area contributed by atoms with Crippen molar-refractivity contribution in [3.63, 3.8) is 0 Å². The van der Waals surface area contributed by atoms with Crippen LogP contribution in [0.5, 0.6) is 0 Å². The van der Waals surface area contributed by atoms with E-state index in [-0.39, 0.29) is 18.7 Å². The summed E-state index contributed by atoms with van der Waals surface area (Å²) in [5.41, 5.74) is 1.50. The maximum Gasteiger partial charge on any atom is 0.319 e. The van der Waals surface area contributed by atoms with E-state index in [4.69, 9.17) is 5.11 Å². The molecule has 2 rings (SSSR count). The van der Waals surface area contributed by atoms with Gasteiger partial charge in [0.25, 0.3) is 0 Å². The molecule has 1 atom stereocenters. The smallest absolute Gasteiger partial charge is 0.319 e. The van der Waals surface area contributed by atoms with E-state index in [2.05, 4.69) is 20.8 Å². The number of aromatic nitrogens is 3. The van der Waals surface area contributed by atoms with Gasteiger partial charge in [0.15, 0.2) is 0 Å². The monoisotopic (exact) mass is 289 g/mol. The van der Waals surface area contributed by atoms with Gasteiger partial charge < -0.3 is 15.7 Å². The van der Waals surface area contributed by atoms with Crippen LogP contribution in [0.2, 0.25) is 0 Å². The van der Waals surface area contributed by atoms with Gasteiger partial charge in [0.1, 0.15) is 0 Å². The molecule has 7 heteroatoms. The molecule has 0 aliphatic heterocycles. The second kappa shape index (κ2) is 7.39. The minimum absolute atomic E-state index is 0.0254. The Bertz CT molecular complexity index is 553. The normalized spacial score (nSPS) is 11.9. The largest absolute Gasteiger partial charge is 0.396 e. The predicted molar refractivity (Wildman–Crippen MR) is 79.3 cm³/mol. The fourth-order valence-corrected chi connectivity index (χ4v) is 1.91. The second-order valence-corrected chi connectivity index (χ2v) is 4.58. The number of urea groups is 1. The van der Waals surface area contributed by atoms with Crippen LogP contribution >= 0.6 is 0 Å². The molecule has 2 aromatic rings. The molecule has 2 amide bonds. The quantitative estimate of drug-likeness (QED) is 0.752. The first kappa shape index (κ1) is 15.0. The molecule has 0 fully saturated rings. The Kier molecular flexibility index (Phi) is 5.28. The van der Waals surface area contributed by atoms with Gasteiger partial charge in [-0.05, 0) is 37.1 Å². The molecule has 21 heavy (non-hydrogen) atoms. The summed E-state index contributed by atoms with van der Waals surface area (Å²) < 4.78 is 0. The van der Waals surface area contributed by atoms with E-state index in [1.54, 1.807) is 24.5 Å². The van der Waals surface area contributed by atoms with Crippen molar-refractivity contribution in [1.29, 1.82) is 0 Å². The van der Waals surface area contributed by atoms with E-state index in [0.29, 0.717) is 12.1 Å². The average Bonchev–Trinajstić information content (AvgIpc) is 3.01. The van der Waals surface area contributed by atoms with E-state index >= 15 is 0 Å². The second-order valence-electron chi connectivity index (χ2n) is 4.58. The van der Waals surface area contributed by atoms with E-state index < -0.39 is 0 Å². The minimum atomic E-state index is -0.278. The Morgan fingerprint density at radius 2 is 1.95 bits per heavy atom. The molecule has 0 radical (unpaired) electrons. The maximum atomic E-state index is 11.8. The maximum absolute atomic E-state index is 11.8. The number of carbonyl (C=O) groups is 1. The third-order valence-corrected chi connectivity index (χ3v) is 3.08. The SMILES string of the molecule is CCC(CCO)NC(=O)Nc1ccc(-n2nccn2)cc1. The highest BCUT2D eigenvalue weighted by Crippen LogP contribution is 2.11. The van der Waals surface area contributed by atoms with Gasteiger partial charge in [0, 0.05) is 18.3 Å². The fourth-order valence-electron chi connectivity index (χ4n) is 1.91. The Morgan fingerprint density at radius 1 is 1.29 bits per heavy atom. The number of rotatable bonds is 6. The van der Waals surface area contributed by atoms with Gasteiger partial charge in [-0.15, -0.1) is 0 Å². The molecule has 1 heterocycles. The first-order valence-electron chi connectivity index (χ1n) is 6.88. The molecule has 7 nitrogen and oxygen atoms in total. The van der Waals surface area contributed by atoms with Crippen molar-refractivity contribution >= 4 is 11.7 Å². The lowest BCUT2D eigenvalue weighted by Crippen LogP contribution is -2.38. The summed E-state index contributed by atoms with van der Waals surface area (Å²) in [7, 11) is 0. The van der Waals surface area contributed by atoms with Crippen molar-refractivity contribution in [1.82, 2.24) is 20.3 Å². The standard InChI is InChI=1S/C14H19N5O2/c1-2-11(7-10-20)17-14(21)18-12-3-5-13(6-4-12)19-15-8-9-16-19/h3-6,8-9,11,20H,2,7,10H2,1H3,(H2,17,18,21). The third kappa shape index (κ3) is 4.28. The molecule has 1 unspecified atom stereocenters. The molecule has 0 bridgehead atoms. The summed E-state index contributed by atoms with van der Waals surface area (Å²) in [6.07, 6.45) is 4.53. The van der Waals surface area contributed by atoms with Gasteiger partial charge in [0.05, 0.1) is 18.1 Å². The van der Waals surface area contributed by atoms with Crippen LogP contribution in [0.4, 0.5) is 10.5 Å². The number of benzene rings is 1. The Balaban J connectivity index is 1.92. The van der Waals surface area contributed by atoms with E-state index in [9.17, 15) is 4.79 Å². The highest BCUT2D eigenvalue weighted by Gasteiger charge is 2.09. The summed E-state index contributed by atoms with van der Waals surface area (Å²) in [6.45, 7) is 2.02. The number of anilines is 1. The summed E-state index contributed by atoms with van der Waals surface area (Å²) in [5, 5.41) is 22.5. The van der Waals surface area contributed by atoms with Gasteiger partial charge in [0.2, 0.25) is 0 Å². The molecule has 1 aromatic heterocycles. The zero-order valence-electron chi connectivity index (χ0n) is 11.9. The van der Waals surface area contributed by atoms with E-state index in [0.717, 1.165) is 12.1 Å². The van der Waals surface area contributed by atoms with Gasteiger partial charge in [-0.25, -0.2) is 4.79 Å². The van der Waals surface area contributed by atoms with Gasteiger partial charge >= 0.3 is 6.03 Å². The van der Waals surface area contributed by atoms with Crippen LogP contribution < -0.4 is 10.6 Å². The summed E-state index contributed by atoms with van der Waals surface area (Å²) in [4.78, 5) is 13.3. The lowest BCUT2D eigenvalue weighted by molar-refractivity contribution is 0.237. The minimum Gasteiger partial charge on any atom is -0.396 e. The lowest BCUT2D eigenvalue weighted by Gasteiger charge is -2.16. The number of nitrogens with one attached hydrogen (secondary N) is 2. The number of aliphatic hydroxyl groups is 1. The van der Waals surface area contributed by atoms with Gasteiger partial charge in [-0.1, -0.05) is 6.92 Å².